The minimum Gasteiger partial charge on any atom is -0.396 e. The first kappa shape index (κ1) is 24.4. The molecule has 0 aliphatic heterocycles. The molecular weight excluding hydrogens is 404 g/mol. The highest BCUT2D eigenvalue weighted by molar-refractivity contribution is 5.39. The first-order chi connectivity index (χ1) is 15.5. The molecule has 4 aliphatic rings. The van der Waals surface area contributed by atoms with Gasteiger partial charge in [0, 0.05) is 26.2 Å². The summed E-state index contributed by atoms with van der Waals surface area (Å²) in [5.74, 6) is 2.89. The normalized spacial score (nSPS) is 40.8. The van der Waals surface area contributed by atoms with Crippen molar-refractivity contribution in [2.75, 3.05) is 47.6 Å². The molecule has 182 valence electrons. The van der Waals surface area contributed by atoms with Crippen molar-refractivity contribution in [2.24, 2.45) is 40.4 Å². The highest BCUT2D eigenvalue weighted by Crippen LogP contribution is 2.66. The molecule has 0 saturated heterocycles. The van der Waals surface area contributed by atoms with E-state index in [0.717, 1.165) is 32.5 Å². The summed E-state index contributed by atoms with van der Waals surface area (Å²) in [4.78, 5) is 0. The summed E-state index contributed by atoms with van der Waals surface area (Å²) < 4.78 is 22.1. The van der Waals surface area contributed by atoms with Gasteiger partial charge in [-0.2, -0.15) is 0 Å². The van der Waals surface area contributed by atoms with Crippen LogP contribution in [-0.2, 0) is 18.9 Å². The van der Waals surface area contributed by atoms with Crippen LogP contribution in [0.2, 0.25) is 0 Å². The van der Waals surface area contributed by atoms with E-state index in [0.29, 0.717) is 55.2 Å². The second-order valence-corrected chi connectivity index (χ2v) is 11.1. The third kappa shape index (κ3) is 4.24. The largest absolute Gasteiger partial charge is 0.396 e. The highest BCUT2D eigenvalue weighted by atomic mass is 16.7. The second kappa shape index (κ2) is 10.3. The predicted octanol–water partition coefficient (Wildman–Crippen LogP) is 4.95. The minimum atomic E-state index is 0.145. The van der Waals surface area contributed by atoms with Gasteiger partial charge in [-0.05, 0) is 80.0 Å². The lowest BCUT2D eigenvalue weighted by Gasteiger charge is -2.57. The van der Waals surface area contributed by atoms with Gasteiger partial charge in [-0.3, -0.25) is 0 Å². The SMILES string of the molecule is COCOCC1CC2=CC=C3[C@@H]4CC[C@H](CCO)[C@@]4(C)CC[C@@H]3[C@@]2(C)C(COCOC)C1. The summed E-state index contributed by atoms with van der Waals surface area (Å²) in [7, 11) is 3.38. The molecule has 2 unspecified atom stereocenters. The van der Waals surface area contributed by atoms with Crippen molar-refractivity contribution in [1.82, 2.24) is 0 Å². The molecule has 0 spiro atoms. The Labute approximate surface area is 194 Å². The van der Waals surface area contributed by atoms with Crippen molar-refractivity contribution in [2.45, 2.75) is 58.8 Å². The predicted molar refractivity (Wildman–Crippen MR) is 125 cm³/mol. The molecule has 0 heterocycles. The molecule has 5 nitrogen and oxygen atoms in total. The average Bonchev–Trinajstić information content (AvgIpc) is 3.11. The van der Waals surface area contributed by atoms with Gasteiger partial charge in [0.25, 0.3) is 0 Å². The van der Waals surface area contributed by atoms with Crippen LogP contribution in [-0.4, -0.2) is 52.7 Å². The molecule has 0 amide bonds. The van der Waals surface area contributed by atoms with E-state index in [1.807, 2.05) is 0 Å². The van der Waals surface area contributed by atoms with E-state index in [1.54, 1.807) is 25.4 Å². The lowest BCUT2D eigenvalue weighted by atomic mass is 9.47. The Hall–Kier alpha value is -0.720. The summed E-state index contributed by atoms with van der Waals surface area (Å²) in [6, 6.07) is 0. The number of allylic oxidation sites excluding steroid dienone is 4. The molecule has 3 saturated carbocycles. The van der Waals surface area contributed by atoms with Crippen LogP contribution in [0.5, 0.6) is 0 Å². The molecule has 7 atom stereocenters. The molecule has 1 N–H and O–H groups in total. The first-order valence-corrected chi connectivity index (χ1v) is 12.6. The van der Waals surface area contributed by atoms with Crippen LogP contribution in [0.4, 0.5) is 0 Å². The third-order valence-electron chi connectivity index (χ3n) is 9.73. The fourth-order valence-corrected chi connectivity index (χ4v) is 8.03. The quantitative estimate of drug-likeness (QED) is 0.378. The van der Waals surface area contributed by atoms with Crippen molar-refractivity contribution < 1.29 is 24.1 Å². The number of aliphatic hydroxyl groups is 1. The molecule has 0 aromatic carbocycles. The van der Waals surface area contributed by atoms with Gasteiger partial charge in [-0.15, -0.1) is 0 Å². The van der Waals surface area contributed by atoms with E-state index in [4.69, 9.17) is 18.9 Å². The summed E-state index contributed by atoms with van der Waals surface area (Å²) >= 11 is 0. The molecule has 5 heteroatoms. The first-order valence-electron chi connectivity index (χ1n) is 12.6. The van der Waals surface area contributed by atoms with Crippen LogP contribution >= 0.6 is 0 Å². The zero-order chi connectivity index (χ0) is 22.8. The molecule has 4 rings (SSSR count). The van der Waals surface area contributed by atoms with Crippen molar-refractivity contribution >= 4 is 0 Å². The zero-order valence-electron chi connectivity index (χ0n) is 20.6. The Balaban J connectivity index is 1.60. The van der Waals surface area contributed by atoms with Crippen molar-refractivity contribution in [1.29, 1.82) is 0 Å². The third-order valence-corrected chi connectivity index (χ3v) is 9.73. The Morgan fingerprint density at radius 2 is 1.69 bits per heavy atom. The molecule has 0 aromatic rings. The van der Waals surface area contributed by atoms with Crippen LogP contribution in [0.1, 0.15) is 58.8 Å². The smallest absolute Gasteiger partial charge is 0.146 e. The van der Waals surface area contributed by atoms with E-state index < -0.39 is 0 Å². The molecule has 0 radical (unpaired) electrons. The van der Waals surface area contributed by atoms with E-state index in [1.165, 1.54) is 25.7 Å². The maximum Gasteiger partial charge on any atom is 0.146 e. The number of fused-ring (bicyclic) bond motifs is 5. The van der Waals surface area contributed by atoms with Gasteiger partial charge in [-0.25, -0.2) is 0 Å². The number of hydrogen-bond acceptors (Lipinski definition) is 5. The number of methoxy groups -OCH3 is 2. The number of hydrogen-bond donors (Lipinski definition) is 1. The van der Waals surface area contributed by atoms with Gasteiger partial charge in [0.15, 0.2) is 0 Å². The molecule has 0 bridgehead atoms. The van der Waals surface area contributed by atoms with E-state index in [-0.39, 0.29) is 5.41 Å². The average molecular weight is 449 g/mol. The summed E-state index contributed by atoms with van der Waals surface area (Å²) in [6.07, 6.45) is 13.2. The van der Waals surface area contributed by atoms with Gasteiger partial charge < -0.3 is 24.1 Å². The Kier molecular flexibility index (Phi) is 7.83. The monoisotopic (exact) mass is 448 g/mol. The molecular formula is C27H44O5. The van der Waals surface area contributed by atoms with E-state index in [9.17, 15) is 5.11 Å². The van der Waals surface area contributed by atoms with Gasteiger partial charge in [0.05, 0.1) is 13.2 Å². The van der Waals surface area contributed by atoms with Crippen LogP contribution < -0.4 is 0 Å². The number of aliphatic hydroxyl groups excluding tert-OH is 1. The fraction of sp³-hybridized carbons (Fsp3) is 0.852. The number of ether oxygens (including phenoxy) is 4. The zero-order valence-corrected chi connectivity index (χ0v) is 20.6. The van der Waals surface area contributed by atoms with Crippen LogP contribution in [0.15, 0.2) is 23.3 Å². The van der Waals surface area contributed by atoms with Gasteiger partial charge >= 0.3 is 0 Å². The lowest BCUT2D eigenvalue weighted by molar-refractivity contribution is -0.0884. The van der Waals surface area contributed by atoms with E-state index >= 15 is 0 Å². The molecule has 0 aromatic heterocycles. The second-order valence-electron chi connectivity index (χ2n) is 11.1. The minimum absolute atomic E-state index is 0.145. The van der Waals surface area contributed by atoms with Crippen LogP contribution in [0.3, 0.4) is 0 Å². The van der Waals surface area contributed by atoms with Crippen LogP contribution in [0, 0.1) is 40.4 Å². The van der Waals surface area contributed by atoms with Crippen LogP contribution in [0.25, 0.3) is 0 Å². The van der Waals surface area contributed by atoms with Gasteiger partial charge in [0.2, 0.25) is 0 Å². The van der Waals surface area contributed by atoms with Crippen molar-refractivity contribution in [3.63, 3.8) is 0 Å². The van der Waals surface area contributed by atoms with Crippen molar-refractivity contribution in [3.8, 4) is 0 Å². The van der Waals surface area contributed by atoms with Crippen molar-refractivity contribution in [3.05, 3.63) is 23.3 Å². The standard InChI is InChI=1S/C27H44O5/c1-26-11-9-25-23(24(26)8-6-20(26)10-12-28)7-5-21-13-19(15-31-17-29-3)14-22(27(21,25)2)16-32-18-30-4/h5,7,19-20,22,24-25,28H,6,8-18H2,1-4H3/t19?,20-,22?,24+,25+,26-,27-/m1/s1. The summed E-state index contributed by atoms with van der Waals surface area (Å²) in [5.41, 5.74) is 3.77. The van der Waals surface area contributed by atoms with Gasteiger partial charge in [-0.1, -0.05) is 37.1 Å². The summed E-state index contributed by atoms with van der Waals surface area (Å²) in [5, 5.41) is 9.63. The maximum absolute atomic E-state index is 9.63. The Bertz CT molecular complexity index is 702. The topological polar surface area (TPSA) is 57.2 Å². The maximum atomic E-state index is 9.63. The highest BCUT2D eigenvalue weighted by Gasteiger charge is 2.58. The summed E-state index contributed by atoms with van der Waals surface area (Å²) in [6.45, 7) is 7.54. The molecule has 32 heavy (non-hydrogen) atoms. The Morgan fingerprint density at radius 1 is 0.938 bits per heavy atom. The Morgan fingerprint density at radius 3 is 2.41 bits per heavy atom. The molecule has 4 aliphatic carbocycles. The van der Waals surface area contributed by atoms with E-state index in [2.05, 4.69) is 26.0 Å². The molecule has 3 fully saturated rings. The fourth-order valence-electron chi connectivity index (χ4n) is 8.03. The van der Waals surface area contributed by atoms with Gasteiger partial charge in [0.1, 0.15) is 13.6 Å². The number of rotatable bonds is 10. The lowest BCUT2D eigenvalue weighted by Crippen LogP contribution is -2.50.